The second kappa shape index (κ2) is 31.8. The standard InChI is InChI=1S/C67H77NO15S/c1-5-59(69)77-39-17-13-9-7-11-15-37-75-50-27-31-52(32-28-50)79-64(71)46-19-23-48(24-20-46)66(73)82-55-35-36-56(62-61(55)68-63(84-62)58-43-54-45(4)41-44(3)42-57(54)81-58)83-67(74)49-25-21-47(22-26-49)65(72)80-53-33-29-51(30-34-53)76-38-16-12-8-10-14-18-40-78-60(70)6-2/h5-6,27-36,41-43,46-49H,1-2,7-26,37-40H2,3-4H3. The summed E-state index contributed by atoms with van der Waals surface area (Å²) in [7, 11) is 0. The third-order valence-corrected chi connectivity index (χ3v) is 16.5. The molecule has 6 aromatic rings. The van der Waals surface area contributed by atoms with Crippen LogP contribution < -0.4 is 28.4 Å². The summed E-state index contributed by atoms with van der Waals surface area (Å²) >= 11 is 1.27. The number of carbonyl (C=O) groups excluding carboxylic acids is 6. The molecule has 2 heterocycles. The van der Waals surface area contributed by atoms with Gasteiger partial charge in [-0.25, -0.2) is 14.6 Å². The maximum Gasteiger partial charge on any atom is 0.330 e. The van der Waals surface area contributed by atoms with E-state index in [2.05, 4.69) is 19.2 Å². The minimum absolute atomic E-state index is 0.217. The summed E-state index contributed by atoms with van der Waals surface area (Å²) in [4.78, 5) is 81.6. The van der Waals surface area contributed by atoms with E-state index in [0.717, 1.165) is 93.6 Å². The predicted octanol–water partition coefficient (Wildman–Crippen LogP) is 14.9. The van der Waals surface area contributed by atoms with Gasteiger partial charge >= 0.3 is 35.8 Å². The van der Waals surface area contributed by atoms with Crippen molar-refractivity contribution >= 4 is 68.3 Å². The zero-order chi connectivity index (χ0) is 59.2. The molecule has 0 bridgehead atoms. The fourth-order valence-electron chi connectivity index (χ4n) is 10.6. The molecule has 0 saturated heterocycles. The van der Waals surface area contributed by atoms with E-state index in [9.17, 15) is 28.8 Å². The number of fused-ring (bicyclic) bond motifs is 2. The summed E-state index contributed by atoms with van der Waals surface area (Å²) in [6.07, 6.45) is 17.7. The van der Waals surface area contributed by atoms with E-state index >= 15 is 0 Å². The first-order valence-corrected chi connectivity index (χ1v) is 30.5. The molecule has 2 fully saturated rings. The van der Waals surface area contributed by atoms with Crippen molar-refractivity contribution in [1.29, 1.82) is 0 Å². The molecule has 2 saturated carbocycles. The van der Waals surface area contributed by atoms with Gasteiger partial charge < -0.3 is 42.3 Å². The van der Waals surface area contributed by atoms with Crippen molar-refractivity contribution in [2.75, 3.05) is 26.4 Å². The highest BCUT2D eigenvalue weighted by molar-refractivity contribution is 7.22. The Bertz CT molecular complexity index is 3030. The Morgan fingerprint density at radius 2 is 0.893 bits per heavy atom. The lowest BCUT2D eigenvalue weighted by Gasteiger charge is -2.26. The lowest BCUT2D eigenvalue weighted by atomic mass is 9.82. The summed E-state index contributed by atoms with van der Waals surface area (Å²) in [5.74, 6) is -0.747. The zero-order valence-corrected chi connectivity index (χ0v) is 49.2. The number of nitrogens with zero attached hydrogens (tertiary/aromatic N) is 1. The summed E-state index contributed by atoms with van der Waals surface area (Å²) in [5.41, 5.74) is 3.18. The highest BCUT2D eigenvalue weighted by Gasteiger charge is 2.35. The summed E-state index contributed by atoms with van der Waals surface area (Å²) in [5, 5.41) is 1.46. The molecule has 2 aliphatic rings. The van der Waals surface area contributed by atoms with Gasteiger partial charge in [0.2, 0.25) is 0 Å². The van der Waals surface area contributed by atoms with Crippen LogP contribution in [0.3, 0.4) is 0 Å². The molecule has 0 N–H and O–H groups in total. The monoisotopic (exact) mass is 1170 g/mol. The normalized spacial score (nSPS) is 16.7. The van der Waals surface area contributed by atoms with Gasteiger partial charge in [-0.15, -0.1) is 11.3 Å². The first-order chi connectivity index (χ1) is 40.8. The maximum atomic E-state index is 13.9. The molecule has 2 aliphatic carbocycles. The van der Waals surface area contributed by atoms with Gasteiger partial charge in [-0.2, -0.15) is 0 Å². The quantitative estimate of drug-likeness (QED) is 0.0172. The molecular weight excluding hydrogens is 1090 g/mol. The first kappa shape index (κ1) is 62.3. The summed E-state index contributed by atoms with van der Waals surface area (Å²) in [6, 6.07) is 23.3. The maximum absolute atomic E-state index is 13.9. The second-order valence-corrected chi connectivity index (χ2v) is 22.8. The molecular formula is C67H77NO15S. The van der Waals surface area contributed by atoms with Gasteiger partial charge in [-0.1, -0.05) is 70.6 Å². The fraction of sp³-hybridized carbons (Fsp3) is 0.448. The van der Waals surface area contributed by atoms with E-state index in [1.54, 1.807) is 60.7 Å². The Morgan fingerprint density at radius 1 is 0.500 bits per heavy atom. The molecule has 0 unspecified atom stereocenters. The Hall–Kier alpha value is -7.79. The molecule has 4 aromatic carbocycles. The van der Waals surface area contributed by atoms with Crippen LogP contribution in [0.4, 0.5) is 0 Å². The van der Waals surface area contributed by atoms with E-state index in [-0.39, 0.29) is 47.2 Å². The number of benzene rings is 4. The number of esters is 6. The smallest absolute Gasteiger partial charge is 0.330 e. The van der Waals surface area contributed by atoms with Crippen LogP contribution in [0.2, 0.25) is 0 Å². The first-order valence-electron chi connectivity index (χ1n) is 29.7. The van der Waals surface area contributed by atoms with Crippen LogP contribution in [-0.2, 0) is 38.2 Å². The average molecular weight is 1170 g/mol. The second-order valence-electron chi connectivity index (χ2n) is 21.8. The fourth-order valence-corrected chi connectivity index (χ4v) is 11.6. The van der Waals surface area contributed by atoms with Crippen LogP contribution in [0.15, 0.2) is 109 Å². The third kappa shape index (κ3) is 18.4. The number of thiazole rings is 1. The molecule has 0 amide bonds. The minimum Gasteiger partial charge on any atom is -0.494 e. The van der Waals surface area contributed by atoms with Crippen LogP contribution in [0.1, 0.15) is 140 Å². The summed E-state index contributed by atoms with van der Waals surface area (Å²) < 4.78 is 52.4. The van der Waals surface area contributed by atoms with E-state index in [1.165, 1.54) is 23.5 Å². The number of rotatable bonds is 31. The van der Waals surface area contributed by atoms with Crippen molar-refractivity contribution in [3.05, 3.63) is 115 Å². The predicted molar refractivity (Wildman–Crippen MR) is 319 cm³/mol. The number of hydrogen-bond donors (Lipinski definition) is 0. The van der Waals surface area contributed by atoms with Crippen molar-refractivity contribution in [3.63, 3.8) is 0 Å². The SMILES string of the molecule is C=CC(=O)OCCCCCCCCOc1ccc(OC(=O)C2CCC(C(=O)Oc3ccc(OC(=O)C4CCC(C(=O)Oc5ccc(OCCCCCCCCOC(=O)C=C)cc5)CC4)c4sc(-c5cc6c(C)cc(C)cc6o5)nc34)CC2)cc1. The number of ether oxygens (including phenoxy) is 8. The van der Waals surface area contributed by atoms with Gasteiger partial charge in [-0.3, -0.25) is 19.2 Å². The highest BCUT2D eigenvalue weighted by atomic mass is 32.1. The van der Waals surface area contributed by atoms with E-state index in [1.807, 2.05) is 26.0 Å². The third-order valence-electron chi connectivity index (χ3n) is 15.4. The Balaban J connectivity index is 0.794. The van der Waals surface area contributed by atoms with E-state index in [0.29, 0.717) is 127 Å². The lowest BCUT2D eigenvalue weighted by Crippen LogP contribution is -2.30. The molecule has 0 spiro atoms. The van der Waals surface area contributed by atoms with E-state index < -0.39 is 23.8 Å². The Morgan fingerprint density at radius 3 is 1.35 bits per heavy atom. The average Bonchev–Trinajstić information content (AvgIpc) is 3.77. The number of aryl methyl sites for hydroxylation is 2. The van der Waals surface area contributed by atoms with Crippen LogP contribution in [0.5, 0.6) is 34.5 Å². The zero-order valence-electron chi connectivity index (χ0n) is 48.3. The minimum atomic E-state index is -0.461. The van der Waals surface area contributed by atoms with Gasteiger partial charge in [-0.05, 0) is 175 Å². The van der Waals surface area contributed by atoms with Crippen molar-refractivity contribution in [2.45, 2.75) is 142 Å². The topological polar surface area (TPSA) is 202 Å². The molecule has 0 atom stereocenters. The number of unbranched alkanes of at least 4 members (excludes halogenated alkanes) is 10. The van der Waals surface area contributed by atoms with Gasteiger partial charge in [0.05, 0.1) is 50.1 Å². The van der Waals surface area contributed by atoms with Gasteiger partial charge in [0.1, 0.15) is 38.8 Å². The molecule has 2 aromatic heterocycles. The lowest BCUT2D eigenvalue weighted by molar-refractivity contribution is -0.145. The van der Waals surface area contributed by atoms with Crippen molar-refractivity contribution in [1.82, 2.24) is 4.98 Å². The molecule has 17 heteroatoms. The molecule has 8 rings (SSSR count). The summed E-state index contributed by atoms with van der Waals surface area (Å²) in [6.45, 7) is 12.8. The number of aromatic nitrogens is 1. The molecule has 446 valence electrons. The number of carbonyl (C=O) groups is 6. The van der Waals surface area contributed by atoms with Crippen LogP contribution in [0.25, 0.3) is 32.0 Å². The number of hydrogen-bond acceptors (Lipinski definition) is 17. The van der Waals surface area contributed by atoms with Crippen LogP contribution in [-0.4, -0.2) is 67.2 Å². The molecule has 0 aliphatic heterocycles. The largest absolute Gasteiger partial charge is 0.494 e. The Kier molecular flexibility index (Phi) is 23.5. The van der Waals surface area contributed by atoms with E-state index in [4.69, 9.17) is 47.3 Å². The van der Waals surface area contributed by atoms with Crippen molar-refractivity contribution in [3.8, 4) is 45.3 Å². The van der Waals surface area contributed by atoms with Crippen LogP contribution >= 0.6 is 11.3 Å². The van der Waals surface area contributed by atoms with Crippen molar-refractivity contribution < 1.29 is 71.1 Å². The van der Waals surface area contributed by atoms with Crippen LogP contribution in [0, 0.1) is 37.5 Å². The Labute approximate surface area is 495 Å². The number of furan rings is 1. The van der Waals surface area contributed by atoms with Gasteiger partial charge in [0.25, 0.3) is 0 Å². The highest BCUT2D eigenvalue weighted by Crippen LogP contribution is 2.44. The molecule has 84 heavy (non-hydrogen) atoms. The van der Waals surface area contributed by atoms with Crippen molar-refractivity contribution in [2.24, 2.45) is 23.7 Å². The molecule has 16 nitrogen and oxygen atoms in total. The van der Waals surface area contributed by atoms with Gasteiger partial charge in [0.15, 0.2) is 22.3 Å². The molecule has 0 radical (unpaired) electrons. The van der Waals surface area contributed by atoms with Gasteiger partial charge in [0, 0.05) is 17.5 Å².